The van der Waals surface area contributed by atoms with E-state index < -0.39 is 24.9 Å². The Morgan fingerprint density at radius 1 is 1.50 bits per heavy atom. The molecule has 1 aliphatic heterocycles. The van der Waals surface area contributed by atoms with E-state index in [1.165, 1.54) is 7.11 Å². The van der Waals surface area contributed by atoms with Gasteiger partial charge in [0.05, 0.1) is 6.10 Å². The van der Waals surface area contributed by atoms with Gasteiger partial charge in [-0.05, 0) is 6.42 Å². The topological polar surface area (TPSA) is 38.7 Å². The molecule has 0 aromatic carbocycles. The molecule has 3 nitrogen and oxygen atoms in total. The normalized spacial score (nSPS) is 37.2. The van der Waals surface area contributed by atoms with E-state index in [4.69, 9.17) is 14.6 Å². The summed E-state index contributed by atoms with van der Waals surface area (Å²) in [6.07, 6.45) is -4.97. The van der Waals surface area contributed by atoms with Crippen LogP contribution in [0.4, 0.5) is 8.78 Å². The average Bonchev–Trinajstić information content (AvgIpc) is 2.05. The third kappa shape index (κ3) is 2.12. The summed E-state index contributed by atoms with van der Waals surface area (Å²) < 4.78 is 33.8. The van der Waals surface area contributed by atoms with Crippen molar-refractivity contribution < 1.29 is 23.4 Å². The lowest BCUT2D eigenvalue weighted by molar-refractivity contribution is -0.240. The second kappa shape index (κ2) is 4.11. The fourth-order valence-electron chi connectivity index (χ4n) is 1.21. The maximum Gasteiger partial charge on any atom is 0.267 e. The van der Waals surface area contributed by atoms with E-state index in [0.717, 1.165) is 0 Å². The van der Waals surface area contributed by atoms with Gasteiger partial charge in [0.2, 0.25) is 0 Å². The van der Waals surface area contributed by atoms with Crippen LogP contribution in [0, 0.1) is 0 Å². The Kier molecular flexibility index (Phi) is 3.37. The van der Waals surface area contributed by atoms with Gasteiger partial charge in [-0.2, -0.15) is 0 Å². The predicted octanol–water partition coefficient (Wildman–Crippen LogP) is 0.764. The Labute approximate surface area is 69.3 Å². The molecule has 3 atom stereocenters. The number of aliphatic hydroxyl groups excluding tert-OH is 1. The summed E-state index contributed by atoms with van der Waals surface area (Å²) in [7, 11) is 1.39. The van der Waals surface area contributed by atoms with Crippen molar-refractivity contribution in [3.05, 3.63) is 0 Å². The van der Waals surface area contributed by atoms with Crippen LogP contribution < -0.4 is 0 Å². The maximum absolute atomic E-state index is 12.1. The molecule has 0 bridgehead atoms. The number of rotatable bonds is 2. The molecule has 0 radical (unpaired) electrons. The molecule has 0 saturated carbocycles. The molecule has 72 valence electrons. The number of alkyl halides is 2. The van der Waals surface area contributed by atoms with Gasteiger partial charge in [0.15, 0.2) is 6.29 Å². The summed E-state index contributed by atoms with van der Waals surface area (Å²) in [6.45, 7) is 0. The third-order valence-corrected chi connectivity index (χ3v) is 1.90. The van der Waals surface area contributed by atoms with Gasteiger partial charge in [-0.3, -0.25) is 0 Å². The van der Waals surface area contributed by atoms with Gasteiger partial charge in [0.25, 0.3) is 6.43 Å². The molecular weight excluding hydrogens is 170 g/mol. The summed E-state index contributed by atoms with van der Waals surface area (Å²) in [5, 5.41) is 9.09. The fraction of sp³-hybridized carbons (Fsp3) is 1.00. The van der Waals surface area contributed by atoms with Crippen LogP contribution in [-0.4, -0.2) is 37.1 Å². The van der Waals surface area contributed by atoms with E-state index in [1.807, 2.05) is 0 Å². The molecular formula is C7H12F2O3. The summed E-state index contributed by atoms with van der Waals surface area (Å²) in [4.78, 5) is 0. The van der Waals surface area contributed by atoms with Crippen LogP contribution in [0.25, 0.3) is 0 Å². The highest BCUT2D eigenvalue weighted by Crippen LogP contribution is 2.24. The van der Waals surface area contributed by atoms with Crippen LogP contribution in [-0.2, 0) is 9.47 Å². The van der Waals surface area contributed by atoms with Crippen LogP contribution in [0.15, 0.2) is 0 Å². The second-order valence-corrected chi connectivity index (χ2v) is 2.75. The van der Waals surface area contributed by atoms with Crippen molar-refractivity contribution in [1.82, 2.24) is 0 Å². The molecule has 1 fully saturated rings. The molecule has 1 heterocycles. The number of ether oxygens (including phenoxy) is 2. The zero-order valence-electron chi connectivity index (χ0n) is 6.74. The highest BCUT2D eigenvalue weighted by atomic mass is 19.3. The van der Waals surface area contributed by atoms with E-state index >= 15 is 0 Å². The summed E-state index contributed by atoms with van der Waals surface area (Å²) in [5.41, 5.74) is 0. The number of aliphatic hydroxyl groups is 1. The average molecular weight is 182 g/mol. The Hall–Kier alpha value is -0.260. The second-order valence-electron chi connectivity index (χ2n) is 2.75. The first-order valence-electron chi connectivity index (χ1n) is 3.79. The smallest absolute Gasteiger partial charge is 0.267 e. The van der Waals surface area contributed by atoms with Crippen LogP contribution in [0.1, 0.15) is 12.8 Å². The SMILES string of the molecule is CO[C@H]1CC[C@H](O)[C@H](C(F)F)O1. The van der Waals surface area contributed by atoms with E-state index in [9.17, 15) is 8.78 Å². The van der Waals surface area contributed by atoms with Gasteiger partial charge in [0.1, 0.15) is 6.10 Å². The molecule has 0 aromatic rings. The van der Waals surface area contributed by atoms with Crippen molar-refractivity contribution in [3.8, 4) is 0 Å². The number of halogens is 2. The molecule has 0 unspecified atom stereocenters. The lowest BCUT2D eigenvalue weighted by atomic mass is 10.1. The van der Waals surface area contributed by atoms with Crippen molar-refractivity contribution in [2.45, 2.75) is 37.8 Å². The number of hydrogen-bond acceptors (Lipinski definition) is 3. The molecule has 1 rings (SSSR count). The van der Waals surface area contributed by atoms with Gasteiger partial charge in [-0.25, -0.2) is 8.78 Å². The molecule has 0 amide bonds. The first kappa shape index (κ1) is 9.83. The quantitative estimate of drug-likeness (QED) is 0.685. The van der Waals surface area contributed by atoms with Crippen LogP contribution in [0.2, 0.25) is 0 Å². The van der Waals surface area contributed by atoms with E-state index in [2.05, 4.69) is 0 Å². The lowest BCUT2D eigenvalue weighted by Gasteiger charge is -2.32. The Bertz CT molecular complexity index is 143. The monoisotopic (exact) mass is 182 g/mol. The Morgan fingerprint density at radius 2 is 2.17 bits per heavy atom. The van der Waals surface area contributed by atoms with Crippen molar-refractivity contribution in [2.75, 3.05) is 7.11 Å². The molecule has 1 aliphatic rings. The zero-order valence-corrected chi connectivity index (χ0v) is 6.74. The Balaban J connectivity index is 2.47. The highest BCUT2D eigenvalue weighted by molar-refractivity contribution is 4.77. The van der Waals surface area contributed by atoms with Crippen LogP contribution in [0.5, 0.6) is 0 Å². The van der Waals surface area contributed by atoms with Crippen molar-refractivity contribution >= 4 is 0 Å². The first-order valence-corrected chi connectivity index (χ1v) is 3.79. The fourth-order valence-corrected chi connectivity index (χ4v) is 1.21. The minimum absolute atomic E-state index is 0.299. The third-order valence-electron chi connectivity index (χ3n) is 1.90. The number of methoxy groups -OCH3 is 1. The minimum Gasteiger partial charge on any atom is -0.390 e. The van der Waals surface area contributed by atoms with Crippen molar-refractivity contribution in [1.29, 1.82) is 0 Å². The molecule has 1 N–H and O–H groups in total. The van der Waals surface area contributed by atoms with E-state index in [0.29, 0.717) is 12.8 Å². The summed E-state index contributed by atoms with van der Waals surface area (Å²) >= 11 is 0. The molecule has 1 saturated heterocycles. The largest absolute Gasteiger partial charge is 0.390 e. The molecule has 5 heteroatoms. The van der Waals surface area contributed by atoms with E-state index in [-0.39, 0.29) is 0 Å². The zero-order chi connectivity index (χ0) is 9.14. The van der Waals surface area contributed by atoms with Gasteiger partial charge >= 0.3 is 0 Å². The molecule has 0 aromatic heterocycles. The Morgan fingerprint density at radius 3 is 2.67 bits per heavy atom. The van der Waals surface area contributed by atoms with Gasteiger partial charge in [0, 0.05) is 13.5 Å². The van der Waals surface area contributed by atoms with Crippen LogP contribution >= 0.6 is 0 Å². The number of hydrogen-bond donors (Lipinski definition) is 1. The van der Waals surface area contributed by atoms with Crippen molar-refractivity contribution in [2.24, 2.45) is 0 Å². The molecule has 0 spiro atoms. The van der Waals surface area contributed by atoms with Gasteiger partial charge < -0.3 is 14.6 Å². The van der Waals surface area contributed by atoms with Crippen molar-refractivity contribution in [3.63, 3.8) is 0 Å². The first-order chi connectivity index (χ1) is 5.65. The summed E-state index contributed by atoms with van der Waals surface area (Å²) in [6, 6.07) is 0. The predicted molar refractivity (Wildman–Crippen MR) is 36.9 cm³/mol. The van der Waals surface area contributed by atoms with Crippen LogP contribution in [0.3, 0.4) is 0 Å². The summed E-state index contributed by atoms with van der Waals surface area (Å²) in [5.74, 6) is 0. The molecule has 0 aliphatic carbocycles. The standard InChI is InChI=1S/C7H12F2O3/c1-11-5-3-2-4(10)6(12-5)7(8)9/h4-7,10H,2-3H2,1H3/t4-,5+,6+/m0/s1. The maximum atomic E-state index is 12.1. The highest BCUT2D eigenvalue weighted by Gasteiger charge is 2.36. The minimum atomic E-state index is -2.65. The van der Waals surface area contributed by atoms with Gasteiger partial charge in [-0.15, -0.1) is 0 Å². The van der Waals surface area contributed by atoms with E-state index in [1.54, 1.807) is 0 Å². The molecule has 12 heavy (non-hydrogen) atoms. The lowest BCUT2D eigenvalue weighted by Crippen LogP contribution is -2.43. The van der Waals surface area contributed by atoms with Gasteiger partial charge in [-0.1, -0.05) is 0 Å².